The number of methoxy groups -OCH3 is 1. The van der Waals surface area contributed by atoms with Crippen molar-refractivity contribution in [2.24, 2.45) is 0 Å². The Bertz CT molecular complexity index is 834. The lowest BCUT2D eigenvalue weighted by Crippen LogP contribution is -2.38. The number of nitrogens with one attached hydrogen (secondary N) is 1. The van der Waals surface area contributed by atoms with Crippen LogP contribution in [-0.2, 0) is 14.3 Å². The average molecular weight is 383 g/mol. The second-order valence-electron chi connectivity index (χ2n) is 6.44. The molecule has 7 nitrogen and oxygen atoms in total. The molecule has 1 saturated heterocycles. The number of amides is 2. The van der Waals surface area contributed by atoms with Gasteiger partial charge in [-0.2, -0.15) is 0 Å². The summed E-state index contributed by atoms with van der Waals surface area (Å²) in [6.07, 6.45) is 0. The standard InChI is InChI=1S/C21H25N3O4/c1-16(25)24(19-9-5-6-10-20(19)27-2)15-21(26)22-17-7-3-4-8-18(17)23-11-13-28-14-12-23/h3-10H,11-15H2,1-2H3,(H,22,26). The van der Waals surface area contributed by atoms with Gasteiger partial charge in [0.1, 0.15) is 12.3 Å². The second kappa shape index (κ2) is 9.23. The van der Waals surface area contributed by atoms with Gasteiger partial charge in [-0.1, -0.05) is 24.3 Å². The minimum absolute atomic E-state index is 0.104. The quantitative estimate of drug-likeness (QED) is 0.830. The normalized spacial score (nSPS) is 13.7. The molecule has 0 saturated carbocycles. The molecule has 2 amide bonds. The number of anilines is 3. The van der Waals surface area contributed by atoms with E-state index in [0.29, 0.717) is 24.7 Å². The predicted molar refractivity (Wildman–Crippen MR) is 109 cm³/mol. The van der Waals surface area contributed by atoms with Crippen molar-refractivity contribution in [1.82, 2.24) is 0 Å². The molecule has 2 aromatic rings. The third-order valence-corrected chi connectivity index (χ3v) is 4.59. The van der Waals surface area contributed by atoms with Gasteiger partial charge >= 0.3 is 0 Å². The molecule has 1 heterocycles. The van der Waals surface area contributed by atoms with Crippen LogP contribution in [0.25, 0.3) is 0 Å². The largest absolute Gasteiger partial charge is 0.495 e. The topological polar surface area (TPSA) is 71.1 Å². The predicted octanol–water partition coefficient (Wildman–Crippen LogP) is 2.52. The van der Waals surface area contributed by atoms with E-state index in [1.54, 1.807) is 18.2 Å². The molecular weight excluding hydrogens is 358 g/mol. The molecule has 0 bridgehead atoms. The van der Waals surface area contributed by atoms with Gasteiger partial charge in [-0.25, -0.2) is 0 Å². The molecule has 1 aliphatic heterocycles. The van der Waals surface area contributed by atoms with Gasteiger partial charge in [0.15, 0.2) is 0 Å². The van der Waals surface area contributed by atoms with E-state index in [9.17, 15) is 9.59 Å². The molecule has 1 aliphatic rings. The summed E-state index contributed by atoms with van der Waals surface area (Å²) < 4.78 is 10.7. The fraction of sp³-hybridized carbons (Fsp3) is 0.333. The van der Waals surface area contributed by atoms with Crippen LogP contribution in [0.4, 0.5) is 17.1 Å². The Labute approximate surface area is 164 Å². The zero-order chi connectivity index (χ0) is 19.9. The van der Waals surface area contributed by atoms with E-state index in [1.807, 2.05) is 30.3 Å². The zero-order valence-electron chi connectivity index (χ0n) is 16.2. The number of morpholine rings is 1. The van der Waals surface area contributed by atoms with Gasteiger partial charge in [-0.3, -0.25) is 14.5 Å². The maximum absolute atomic E-state index is 12.7. The van der Waals surface area contributed by atoms with Gasteiger partial charge < -0.3 is 19.7 Å². The van der Waals surface area contributed by atoms with Crippen LogP contribution in [0.1, 0.15) is 6.92 Å². The van der Waals surface area contributed by atoms with E-state index >= 15 is 0 Å². The first-order valence-corrected chi connectivity index (χ1v) is 9.23. The summed E-state index contributed by atoms with van der Waals surface area (Å²) in [5, 5.41) is 2.94. The van der Waals surface area contributed by atoms with Crippen LogP contribution in [0.3, 0.4) is 0 Å². The highest BCUT2D eigenvalue weighted by Gasteiger charge is 2.21. The van der Waals surface area contributed by atoms with Crippen molar-refractivity contribution >= 4 is 28.9 Å². The molecule has 3 rings (SSSR count). The lowest BCUT2D eigenvalue weighted by atomic mass is 10.2. The Kier molecular flexibility index (Phi) is 6.49. The fourth-order valence-electron chi connectivity index (χ4n) is 3.21. The van der Waals surface area contributed by atoms with Crippen molar-refractivity contribution in [1.29, 1.82) is 0 Å². The third-order valence-electron chi connectivity index (χ3n) is 4.59. The Morgan fingerprint density at radius 3 is 2.50 bits per heavy atom. The number of rotatable bonds is 6. The van der Waals surface area contributed by atoms with Crippen LogP contribution in [0, 0.1) is 0 Å². The summed E-state index contributed by atoms with van der Waals surface area (Å²) in [4.78, 5) is 28.5. The summed E-state index contributed by atoms with van der Waals surface area (Å²) in [6, 6.07) is 14.8. The van der Waals surface area contributed by atoms with Crippen LogP contribution in [0.15, 0.2) is 48.5 Å². The molecule has 0 atom stereocenters. The number of benzene rings is 2. The second-order valence-corrected chi connectivity index (χ2v) is 6.44. The van der Waals surface area contributed by atoms with Gasteiger partial charge in [0.25, 0.3) is 0 Å². The van der Waals surface area contributed by atoms with E-state index in [4.69, 9.17) is 9.47 Å². The van der Waals surface area contributed by atoms with Crippen molar-refractivity contribution in [3.05, 3.63) is 48.5 Å². The number of carbonyl (C=O) groups excluding carboxylic acids is 2. The summed E-state index contributed by atoms with van der Waals surface area (Å²) in [5.74, 6) is 0.0298. The number of ether oxygens (including phenoxy) is 2. The van der Waals surface area contributed by atoms with E-state index in [2.05, 4.69) is 10.2 Å². The molecule has 28 heavy (non-hydrogen) atoms. The Morgan fingerprint density at radius 1 is 1.11 bits per heavy atom. The van der Waals surface area contributed by atoms with Crippen molar-refractivity contribution in [2.75, 3.05) is 55.1 Å². The molecule has 0 aromatic heterocycles. The highest BCUT2D eigenvalue weighted by atomic mass is 16.5. The van der Waals surface area contributed by atoms with Gasteiger partial charge in [-0.05, 0) is 24.3 Å². The summed E-state index contributed by atoms with van der Waals surface area (Å²) in [7, 11) is 1.54. The van der Waals surface area contributed by atoms with E-state index in [0.717, 1.165) is 24.5 Å². The molecular formula is C21H25N3O4. The molecule has 1 fully saturated rings. The van der Waals surface area contributed by atoms with Gasteiger partial charge in [0, 0.05) is 20.0 Å². The first kappa shape index (κ1) is 19.7. The fourth-order valence-corrected chi connectivity index (χ4v) is 3.21. The van der Waals surface area contributed by atoms with Crippen LogP contribution >= 0.6 is 0 Å². The molecule has 0 radical (unpaired) electrons. The molecule has 0 aliphatic carbocycles. The number of nitrogens with zero attached hydrogens (tertiary/aromatic N) is 2. The number of hydrogen-bond acceptors (Lipinski definition) is 5. The maximum Gasteiger partial charge on any atom is 0.244 e. The highest BCUT2D eigenvalue weighted by molar-refractivity contribution is 6.03. The van der Waals surface area contributed by atoms with Crippen molar-refractivity contribution in [2.45, 2.75) is 6.92 Å². The third kappa shape index (κ3) is 4.61. The summed E-state index contributed by atoms with van der Waals surface area (Å²) in [6.45, 7) is 4.19. The van der Waals surface area contributed by atoms with Crippen molar-refractivity contribution in [3.8, 4) is 5.75 Å². The zero-order valence-corrected chi connectivity index (χ0v) is 16.2. The minimum atomic E-state index is -0.276. The number of para-hydroxylation sites is 4. The molecule has 0 spiro atoms. The molecule has 148 valence electrons. The first-order chi connectivity index (χ1) is 13.6. The van der Waals surface area contributed by atoms with E-state index < -0.39 is 0 Å². The highest BCUT2D eigenvalue weighted by Crippen LogP contribution is 2.29. The smallest absolute Gasteiger partial charge is 0.244 e. The maximum atomic E-state index is 12.7. The number of carbonyl (C=O) groups is 2. The van der Waals surface area contributed by atoms with Crippen molar-refractivity contribution in [3.63, 3.8) is 0 Å². The van der Waals surface area contributed by atoms with Crippen LogP contribution in [-0.4, -0.2) is 51.8 Å². The molecule has 0 unspecified atom stereocenters. The minimum Gasteiger partial charge on any atom is -0.495 e. The van der Waals surface area contributed by atoms with Gasteiger partial charge in [-0.15, -0.1) is 0 Å². The lowest BCUT2D eigenvalue weighted by Gasteiger charge is -2.30. The van der Waals surface area contributed by atoms with Crippen molar-refractivity contribution < 1.29 is 19.1 Å². The SMILES string of the molecule is COc1ccccc1N(CC(=O)Nc1ccccc1N1CCOCC1)C(C)=O. The Morgan fingerprint density at radius 2 is 1.79 bits per heavy atom. The molecule has 1 N–H and O–H groups in total. The van der Waals surface area contributed by atoms with E-state index in [1.165, 1.54) is 18.9 Å². The molecule has 2 aromatic carbocycles. The lowest BCUT2D eigenvalue weighted by molar-refractivity contribution is -0.120. The average Bonchev–Trinajstić information content (AvgIpc) is 2.73. The Balaban J connectivity index is 1.76. The number of hydrogen-bond donors (Lipinski definition) is 1. The Hall–Kier alpha value is -3.06. The summed E-state index contributed by atoms with van der Waals surface area (Å²) in [5.41, 5.74) is 2.23. The van der Waals surface area contributed by atoms with E-state index in [-0.39, 0.29) is 18.4 Å². The monoisotopic (exact) mass is 383 g/mol. The van der Waals surface area contributed by atoms with Gasteiger partial charge in [0.05, 0.1) is 37.4 Å². The first-order valence-electron chi connectivity index (χ1n) is 9.23. The van der Waals surface area contributed by atoms with Gasteiger partial charge in [0.2, 0.25) is 11.8 Å². The van der Waals surface area contributed by atoms with Crippen LogP contribution in [0.2, 0.25) is 0 Å². The van der Waals surface area contributed by atoms with Crippen LogP contribution < -0.4 is 19.9 Å². The molecule has 7 heteroatoms. The van der Waals surface area contributed by atoms with Crippen LogP contribution in [0.5, 0.6) is 5.75 Å². The summed E-state index contributed by atoms with van der Waals surface area (Å²) >= 11 is 0.